The Morgan fingerprint density at radius 2 is 2.04 bits per heavy atom. The standard InChI is InChI=1S/C21H32N4OS/c1-21-8-4-9-25(21)12-11-24(15-21)20-22-17-7-10-23(14-18(17)27-20)19(26)13-16-5-2-3-6-16/h16H,2-15H2,1H3. The Morgan fingerprint density at radius 3 is 2.89 bits per heavy atom. The molecular weight excluding hydrogens is 356 g/mol. The second-order valence-corrected chi connectivity index (χ2v) is 10.4. The van der Waals surface area contributed by atoms with Crippen molar-refractivity contribution in [2.75, 3.05) is 37.6 Å². The van der Waals surface area contributed by atoms with E-state index < -0.39 is 0 Å². The summed E-state index contributed by atoms with van der Waals surface area (Å²) in [6.07, 6.45) is 9.45. The predicted octanol–water partition coefficient (Wildman–Crippen LogP) is 3.28. The summed E-state index contributed by atoms with van der Waals surface area (Å²) in [5, 5.41) is 1.19. The first-order valence-corrected chi connectivity index (χ1v) is 11.7. The Bertz CT molecular complexity index is 713. The summed E-state index contributed by atoms with van der Waals surface area (Å²) in [5.41, 5.74) is 1.58. The number of piperazine rings is 1. The lowest BCUT2D eigenvalue weighted by molar-refractivity contribution is -0.133. The molecule has 1 unspecified atom stereocenters. The highest BCUT2D eigenvalue weighted by Crippen LogP contribution is 2.37. The zero-order valence-corrected chi connectivity index (χ0v) is 17.4. The maximum atomic E-state index is 12.7. The third-order valence-corrected chi connectivity index (χ3v) is 8.50. The molecule has 3 fully saturated rings. The predicted molar refractivity (Wildman–Crippen MR) is 109 cm³/mol. The molecule has 1 aromatic rings. The van der Waals surface area contributed by atoms with Gasteiger partial charge in [-0.25, -0.2) is 4.98 Å². The second kappa shape index (κ2) is 7.03. The monoisotopic (exact) mass is 388 g/mol. The first kappa shape index (κ1) is 17.9. The van der Waals surface area contributed by atoms with Crippen LogP contribution in [0.2, 0.25) is 0 Å². The Balaban J connectivity index is 1.25. The molecule has 0 spiro atoms. The minimum absolute atomic E-state index is 0.327. The number of hydrogen-bond acceptors (Lipinski definition) is 5. The van der Waals surface area contributed by atoms with E-state index >= 15 is 0 Å². The molecule has 1 atom stereocenters. The summed E-state index contributed by atoms with van der Waals surface area (Å²) in [6, 6.07) is 0. The van der Waals surface area contributed by atoms with Gasteiger partial charge in [0, 0.05) is 49.4 Å². The fourth-order valence-corrected chi connectivity index (χ4v) is 6.80. The number of hydrogen-bond donors (Lipinski definition) is 0. The zero-order valence-electron chi connectivity index (χ0n) is 16.6. The fourth-order valence-electron chi connectivity index (χ4n) is 5.66. The largest absolute Gasteiger partial charge is 0.345 e. The van der Waals surface area contributed by atoms with E-state index in [1.54, 1.807) is 0 Å². The maximum absolute atomic E-state index is 12.7. The van der Waals surface area contributed by atoms with Crippen molar-refractivity contribution in [2.24, 2.45) is 5.92 Å². The van der Waals surface area contributed by atoms with Crippen LogP contribution in [0.4, 0.5) is 5.13 Å². The van der Waals surface area contributed by atoms with Gasteiger partial charge in [0.15, 0.2) is 5.13 Å². The average molecular weight is 389 g/mol. The zero-order chi connectivity index (χ0) is 18.4. The van der Waals surface area contributed by atoms with E-state index in [2.05, 4.69) is 21.6 Å². The minimum Gasteiger partial charge on any atom is -0.345 e. The molecule has 0 radical (unpaired) electrons. The van der Waals surface area contributed by atoms with Crippen LogP contribution in [-0.4, -0.2) is 59.0 Å². The molecule has 3 aliphatic heterocycles. The number of anilines is 1. The van der Waals surface area contributed by atoms with Gasteiger partial charge in [-0.3, -0.25) is 9.69 Å². The van der Waals surface area contributed by atoms with Crippen molar-refractivity contribution in [3.05, 3.63) is 10.6 Å². The Hall–Kier alpha value is -1.14. The van der Waals surface area contributed by atoms with Crippen LogP contribution >= 0.6 is 11.3 Å². The van der Waals surface area contributed by atoms with Crippen LogP contribution in [0.3, 0.4) is 0 Å². The summed E-state index contributed by atoms with van der Waals surface area (Å²) in [7, 11) is 0. The highest BCUT2D eigenvalue weighted by molar-refractivity contribution is 7.15. The van der Waals surface area contributed by atoms with Gasteiger partial charge >= 0.3 is 0 Å². The third-order valence-electron chi connectivity index (χ3n) is 7.36. The maximum Gasteiger partial charge on any atom is 0.223 e. The molecule has 1 aliphatic carbocycles. The molecule has 0 bridgehead atoms. The Morgan fingerprint density at radius 1 is 1.19 bits per heavy atom. The van der Waals surface area contributed by atoms with Crippen molar-refractivity contribution >= 4 is 22.4 Å². The van der Waals surface area contributed by atoms with E-state index in [4.69, 9.17) is 4.98 Å². The Kier molecular flexibility index (Phi) is 4.67. The highest BCUT2D eigenvalue weighted by atomic mass is 32.1. The van der Waals surface area contributed by atoms with Crippen molar-refractivity contribution in [1.29, 1.82) is 0 Å². The van der Waals surface area contributed by atoms with Crippen molar-refractivity contribution in [2.45, 2.75) is 70.4 Å². The molecule has 1 saturated carbocycles. The van der Waals surface area contributed by atoms with Gasteiger partial charge < -0.3 is 9.80 Å². The first-order chi connectivity index (χ1) is 13.1. The summed E-state index contributed by atoms with van der Waals surface area (Å²) in [5.74, 6) is 1.01. The van der Waals surface area contributed by atoms with Crippen LogP contribution in [0.5, 0.6) is 0 Å². The quantitative estimate of drug-likeness (QED) is 0.797. The molecule has 5 rings (SSSR count). The minimum atomic E-state index is 0.327. The lowest BCUT2D eigenvalue weighted by Gasteiger charge is -2.45. The van der Waals surface area contributed by atoms with E-state index in [0.29, 0.717) is 17.4 Å². The summed E-state index contributed by atoms with van der Waals surface area (Å²) >= 11 is 1.84. The van der Waals surface area contributed by atoms with Crippen LogP contribution < -0.4 is 4.90 Å². The summed E-state index contributed by atoms with van der Waals surface area (Å²) < 4.78 is 0. The van der Waals surface area contributed by atoms with E-state index in [1.807, 2.05) is 11.3 Å². The van der Waals surface area contributed by atoms with E-state index in [1.165, 1.54) is 60.8 Å². The van der Waals surface area contributed by atoms with Crippen molar-refractivity contribution in [3.8, 4) is 0 Å². The van der Waals surface area contributed by atoms with Gasteiger partial charge in [-0.1, -0.05) is 24.2 Å². The molecule has 4 heterocycles. The molecule has 6 heteroatoms. The number of aromatic nitrogens is 1. The Labute approximate surface area is 166 Å². The lowest BCUT2D eigenvalue weighted by atomic mass is 9.96. The van der Waals surface area contributed by atoms with Gasteiger partial charge in [0.25, 0.3) is 0 Å². The molecule has 0 aromatic carbocycles. The number of rotatable bonds is 3. The van der Waals surface area contributed by atoms with Crippen molar-refractivity contribution < 1.29 is 4.79 Å². The topological polar surface area (TPSA) is 39.7 Å². The van der Waals surface area contributed by atoms with E-state index in [0.717, 1.165) is 45.6 Å². The normalized spacial score (nSPS) is 29.2. The first-order valence-electron chi connectivity index (χ1n) is 10.9. The van der Waals surface area contributed by atoms with Gasteiger partial charge in [-0.2, -0.15) is 0 Å². The van der Waals surface area contributed by atoms with Gasteiger partial charge in [0.05, 0.1) is 12.2 Å². The van der Waals surface area contributed by atoms with Crippen LogP contribution in [0.25, 0.3) is 0 Å². The van der Waals surface area contributed by atoms with Crippen molar-refractivity contribution in [1.82, 2.24) is 14.8 Å². The van der Waals surface area contributed by atoms with Crippen molar-refractivity contribution in [3.63, 3.8) is 0 Å². The number of amides is 1. The molecule has 0 N–H and O–H groups in total. The van der Waals surface area contributed by atoms with Gasteiger partial charge in [-0.05, 0) is 45.1 Å². The smallest absolute Gasteiger partial charge is 0.223 e. The van der Waals surface area contributed by atoms with Crippen LogP contribution in [-0.2, 0) is 17.8 Å². The van der Waals surface area contributed by atoms with E-state index in [9.17, 15) is 4.79 Å². The molecule has 1 aromatic heterocycles. The molecular formula is C21H32N4OS. The second-order valence-electron chi connectivity index (χ2n) is 9.30. The molecule has 1 amide bonds. The van der Waals surface area contributed by atoms with Gasteiger partial charge in [-0.15, -0.1) is 0 Å². The summed E-state index contributed by atoms with van der Waals surface area (Å²) in [4.78, 5) is 26.3. The summed E-state index contributed by atoms with van der Waals surface area (Å²) in [6.45, 7) is 8.67. The number of carbonyl (C=O) groups is 1. The van der Waals surface area contributed by atoms with Crippen LogP contribution in [0.15, 0.2) is 0 Å². The van der Waals surface area contributed by atoms with Gasteiger partial charge in [0.2, 0.25) is 5.91 Å². The number of nitrogens with zero attached hydrogens (tertiary/aromatic N) is 4. The number of fused-ring (bicyclic) bond motifs is 2. The molecule has 27 heavy (non-hydrogen) atoms. The highest BCUT2D eigenvalue weighted by Gasteiger charge is 2.41. The molecule has 2 saturated heterocycles. The molecule has 4 aliphatic rings. The van der Waals surface area contributed by atoms with Crippen LogP contribution in [0.1, 0.15) is 62.4 Å². The lowest BCUT2D eigenvalue weighted by Crippen LogP contribution is -2.57. The number of carbonyl (C=O) groups excluding carboxylic acids is 1. The fraction of sp³-hybridized carbons (Fsp3) is 0.810. The average Bonchev–Trinajstić information content (AvgIpc) is 3.38. The molecule has 148 valence electrons. The SMILES string of the molecule is CC12CCCN1CCN(c1nc3c(s1)CN(C(=O)CC1CCCC1)CC3)C2. The number of thiazole rings is 1. The molecule has 5 nitrogen and oxygen atoms in total. The van der Waals surface area contributed by atoms with Gasteiger partial charge in [0.1, 0.15) is 0 Å². The third kappa shape index (κ3) is 3.39. The van der Waals surface area contributed by atoms with Crippen LogP contribution in [0, 0.1) is 5.92 Å². The van der Waals surface area contributed by atoms with E-state index in [-0.39, 0.29) is 0 Å².